The lowest BCUT2D eigenvalue weighted by molar-refractivity contribution is -0.126. The summed E-state index contributed by atoms with van der Waals surface area (Å²) in [5.41, 5.74) is 2.28. The van der Waals surface area contributed by atoms with Gasteiger partial charge < -0.3 is 14.8 Å². The Morgan fingerprint density at radius 1 is 1.22 bits per heavy atom. The van der Waals surface area contributed by atoms with Crippen LogP contribution in [0, 0.1) is 5.92 Å². The van der Waals surface area contributed by atoms with Crippen molar-refractivity contribution in [1.82, 2.24) is 5.32 Å². The van der Waals surface area contributed by atoms with Crippen molar-refractivity contribution in [2.24, 2.45) is 5.92 Å². The van der Waals surface area contributed by atoms with Crippen LogP contribution in [-0.2, 0) is 17.6 Å². The van der Waals surface area contributed by atoms with Crippen LogP contribution in [0.3, 0.4) is 0 Å². The Balaban J connectivity index is 1.48. The molecule has 120 valence electrons. The number of methoxy groups -OCH3 is 1. The Kier molecular flexibility index (Phi) is 4.81. The first kappa shape index (κ1) is 15.4. The Hall–Kier alpha value is -2.49. The average Bonchev–Trinajstić information content (AvgIpc) is 2.61. The zero-order valence-corrected chi connectivity index (χ0v) is 13.2. The molecule has 0 spiro atoms. The van der Waals surface area contributed by atoms with Crippen LogP contribution in [0.4, 0.5) is 0 Å². The van der Waals surface area contributed by atoms with Gasteiger partial charge in [-0.3, -0.25) is 4.79 Å². The van der Waals surface area contributed by atoms with Crippen molar-refractivity contribution in [2.75, 3.05) is 20.3 Å². The molecule has 0 radical (unpaired) electrons. The molecule has 0 aromatic heterocycles. The predicted molar refractivity (Wildman–Crippen MR) is 88.8 cm³/mol. The van der Waals surface area contributed by atoms with E-state index in [1.165, 1.54) is 5.56 Å². The van der Waals surface area contributed by atoms with Gasteiger partial charge in [-0.1, -0.05) is 30.3 Å². The fraction of sp³-hybridized carbons (Fsp3) is 0.316. The van der Waals surface area contributed by atoms with Crippen molar-refractivity contribution in [2.45, 2.75) is 12.8 Å². The molecule has 1 atom stereocenters. The van der Waals surface area contributed by atoms with Gasteiger partial charge in [-0.25, -0.2) is 0 Å². The molecule has 1 aliphatic heterocycles. The third kappa shape index (κ3) is 3.83. The number of carbonyl (C=O) groups is 1. The molecule has 0 fully saturated rings. The number of fused-ring (bicyclic) bond motifs is 1. The summed E-state index contributed by atoms with van der Waals surface area (Å²) >= 11 is 0. The van der Waals surface area contributed by atoms with E-state index < -0.39 is 0 Å². The molecule has 0 saturated carbocycles. The number of carbonyl (C=O) groups excluding carboxylic acids is 1. The molecule has 1 N–H and O–H groups in total. The van der Waals surface area contributed by atoms with E-state index in [1.54, 1.807) is 7.11 Å². The summed E-state index contributed by atoms with van der Waals surface area (Å²) in [6, 6.07) is 15.8. The van der Waals surface area contributed by atoms with Gasteiger partial charge in [-0.15, -0.1) is 0 Å². The van der Waals surface area contributed by atoms with E-state index in [-0.39, 0.29) is 11.8 Å². The Labute approximate surface area is 136 Å². The zero-order chi connectivity index (χ0) is 16.1. The summed E-state index contributed by atoms with van der Waals surface area (Å²) in [6.07, 6.45) is 1.55. The van der Waals surface area contributed by atoms with Gasteiger partial charge in [0, 0.05) is 6.54 Å². The van der Waals surface area contributed by atoms with E-state index in [1.807, 2.05) is 48.5 Å². The minimum absolute atomic E-state index is 0.0630. The molecule has 1 aliphatic rings. The Morgan fingerprint density at radius 2 is 2.00 bits per heavy atom. The highest BCUT2D eigenvalue weighted by Crippen LogP contribution is 2.26. The lowest BCUT2D eigenvalue weighted by Crippen LogP contribution is -2.38. The van der Waals surface area contributed by atoms with Crippen molar-refractivity contribution in [3.8, 4) is 11.5 Å². The topological polar surface area (TPSA) is 47.6 Å². The number of ether oxygens (including phenoxy) is 2. The van der Waals surface area contributed by atoms with Gasteiger partial charge >= 0.3 is 0 Å². The van der Waals surface area contributed by atoms with Crippen molar-refractivity contribution in [3.05, 3.63) is 59.7 Å². The Morgan fingerprint density at radius 3 is 2.78 bits per heavy atom. The van der Waals surface area contributed by atoms with Gasteiger partial charge in [0.1, 0.15) is 18.1 Å². The number of hydrogen-bond donors (Lipinski definition) is 1. The third-order valence-corrected chi connectivity index (χ3v) is 4.12. The van der Waals surface area contributed by atoms with Crippen molar-refractivity contribution in [3.63, 3.8) is 0 Å². The molecule has 1 heterocycles. The number of hydrogen-bond acceptors (Lipinski definition) is 3. The molecule has 4 heteroatoms. The number of para-hydroxylation sites is 1. The molecule has 1 amide bonds. The normalized spacial score (nSPS) is 16.1. The third-order valence-electron chi connectivity index (χ3n) is 4.12. The van der Waals surface area contributed by atoms with Crippen LogP contribution < -0.4 is 14.8 Å². The van der Waals surface area contributed by atoms with Crippen LogP contribution in [0.25, 0.3) is 0 Å². The summed E-state index contributed by atoms with van der Waals surface area (Å²) < 4.78 is 10.8. The van der Waals surface area contributed by atoms with Crippen LogP contribution >= 0.6 is 0 Å². The molecule has 3 rings (SSSR count). The smallest absolute Gasteiger partial charge is 0.226 e. The van der Waals surface area contributed by atoms with E-state index in [9.17, 15) is 4.79 Å². The lowest BCUT2D eigenvalue weighted by atomic mass is 9.96. The van der Waals surface area contributed by atoms with Gasteiger partial charge in [0.2, 0.25) is 5.91 Å². The van der Waals surface area contributed by atoms with Crippen molar-refractivity contribution < 1.29 is 14.3 Å². The fourth-order valence-electron chi connectivity index (χ4n) is 2.76. The van der Waals surface area contributed by atoms with E-state index in [4.69, 9.17) is 9.47 Å². The molecule has 4 nitrogen and oxygen atoms in total. The SMILES string of the molecule is COc1ccc(CCNC(=O)C2COc3ccccc3C2)cc1. The molecular formula is C19H21NO3. The number of benzene rings is 2. The van der Waals surface area contributed by atoms with Gasteiger partial charge in [0.05, 0.1) is 13.0 Å². The van der Waals surface area contributed by atoms with Crippen molar-refractivity contribution in [1.29, 1.82) is 0 Å². The highest BCUT2D eigenvalue weighted by molar-refractivity contribution is 5.79. The van der Waals surface area contributed by atoms with Gasteiger partial charge in [-0.2, -0.15) is 0 Å². The molecule has 2 aromatic carbocycles. The van der Waals surface area contributed by atoms with E-state index in [0.29, 0.717) is 13.2 Å². The fourth-order valence-corrected chi connectivity index (χ4v) is 2.76. The predicted octanol–water partition coefficient (Wildman–Crippen LogP) is 2.61. The van der Waals surface area contributed by atoms with E-state index in [2.05, 4.69) is 5.32 Å². The second kappa shape index (κ2) is 7.18. The molecule has 2 aromatic rings. The minimum atomic E-state index is -0.110. The Bertz CT molecular complexity index is 667. The second-order valence-electron chi connectivity index (χ2n) is 5.71. The number of amides is 1. The molecular weight excluding hydrogens is 290 g/mol. The van der Waals surface area contributed by atoms with Crippen molar-refractivity contribution >= 4 is 5.91 Å². The summed E-state index contributed by atoms with van der Waals surface area (Å²) in [5, 5.41) is 3.01. The quantitative estimate of drug-likeness (QED) is 0.923. The first-order valence-corrected chi connectivity index (χ1v) is 7.87. The monoisotopic (exact) mass is 311 g/mol. The minimum Gasteiger partial charge on any atom is -0.497 e. The standard InChI is InChI=1S/C19H21NO3/c1-22-17-8-6-14(7-9-17)10-11-20-19(21)16-12-15-4-2-3-5-18(15)23-13-16/h2-9,16H,10-13H2,1H3,(H,20,21). The van der Waals surface area contributed by atoms with Crippen LogP contribution in [0.2, 0.25) is 0 Å². The molecule has 0 saturated heterocycles. The maximum atomic E-state index is 12.3. The van der Waals surface area contributed by atoms with E-state index in [0.717, 1.165) is 29.9 Å². The van der Waals surface area contributed by atoms with Gasteiger partial charge in [0.15, 0.2) is 0 Å². The lowest BCUT2D eigenvalue weighted by Gasteiger charge is -2.24. The summed E-state index contributed by atoms with van der Waals surface area (Å²) in [7, 11) is 1.65. The summed E-state index contributed by atoms with van der Waals surface area (Å²) in [5.74, 6) is 1.69. The molecule has 23 heavy (non-hydrogen) atoms. The molecule has 0 aliphatic carbocycles. The molecule has 1 unspecified atom stereocenters. The summed E-state index contributed by atoms with van der Waals surface area (Å²) in [4.78, 5) is 12.3. The highest BCUT2D eigenvalue weighted by Gasteiger charge is 2.25. The molecule has 0 bridgehead atoms. The highest BCUT2D eigenvalue weighted by atomic mass is 16.5. The van der Waals surface area contributed by atoms with Crippen LogP contribution in [0.1, 0.15) is 11.1 Å². The first-order valence-electron chi connectivity index (χ1n) is 7.87. The summed E-state index contributed by atoms with van der Waals surface area (Å²) in [6.45, 7) is 1.08. The first-order chi connectivity index (χ1) is 11.3. The largest absolute Gasteiger partial charge is 0.497 e. The zero-order valence-electron chi connectivity index (χ0n) is 13.2. The average molecular weight is 311 g/mol. The van der Waals surface area contributed by atoms with Gasteiger partial charge in [0.25, 0.3) is 0 Å². The van der Waals surface area contributed by atoms with Crippen LogP contribution in [0.15, 0.2) is 48.5 Å². The van der Waals surface area contributed by atoms with Crippen LogP contribution in [-0.4, -0.2) is 26.2 Å². The maximum Gasteiger partial charge on any atom is 0.226 e. The van der Waals surface area contributed by atoms with Gasteiger partial charge in [-0.05, 0) is 42.2 Å². The number of nitrogens with one attached hydrogen (secondary N) is 1. The maximum absolute atomic E-state index is 12.3. The van der Waals surface area contributed by atoms with Crippen LogP contribution in [0.5, 0.6) is 11.5 Å². The number of rotatable bonds is 5. The van der Waals surface area contributed by atoms with E-state index >= 15 is 0 Å². The second-order valence-corrected chi connectivity index (χ2v) is 5.71.